The molecule has 5 fully saturated rings. The van der Waals surface area contributed by atoms with Gasteiger partial charge in [0, 0.05) is 55.1 Å². The summed E-state index contributed by atoms with van der Waals surface area (Å²) < 4.78 is 0. The number of carbonyl (C=O) groups excluding carboxylic acids is 12. The molecule has 22 N–H and O–H groups in total. The molecule has 6 aliphatic rings. The number of aliphatic carboxylic acids is 1. The summed E-state index contributed by atoms with van der Waals surface area (Å²) in [7, 11) is 0. The smallest absolute Gasteiger partial charge is 0.303 e. The number of carboxylic acid groups (broad SMARTS) is 1. The molecule has 36 heteroatoms. The summed E-state index contributed by atoms with van der Waals surface area (Å²) >= 11 is 2.73. The first kappa shape index (κ1) is 90.9. The molecule has 1 aromatic carbocycles. The summed E-state index contributed by atoms with van der Waals surface area (Å²) in [6.07, 6.45) is -0.329. The van der Waals surface area contributed by atoms with Crippen molar-refractivity contribution in [2.24, 2.45) is 34.8 Å². The highest BCUT2D eigenvalue weighted by Crippen LogP contribution is 2.33. The zero-order chi connectivity index (χ0) is 81.2. The SMILES string of the molecule is CCC[C@@H]1NC(=O)[C@H](CC2CCC(O)CC2)NC(=O)[C@H](CCC(=O)O)NC(=O)[C@@H](C)NC(=O)[C@H](CC2CNC3NCCCC23)NC(=O)[C@H]([C@@H](C)O)NC(=O)[C@H](CC2CNCN2)NC(=O)[C@H](CC2CCC(O)CC2)NC(=O)[C@H](C(C)(C)C)NC(=O)CCSCc2cccc(c2)CSC[C@@H](C(N)=O)NC(=O)[C@H]([C@@H](C)O)NC1=O. The molecule has 1 aromatic rings. The first-order chi connectivity index (χ1) is 52.7. The summed E-state index contributed by atoms with van der Waals surface area (Å²) in [5.41, 5.74) is 6.66. The summed E-state index contributed by atoms with van der Waals surface area (Å²) in [5, 5.41) is 96.0. The molecule has 4 unspecified atom stereocenters. The Kier molecular flexibility index (Phi) is 36.4. The normalized spacial score (nSPS) is 32.8. The van der Waals surface area contributed by atoms with Gasteiger partial charge in [0.2, 0.25) is 70.9 Å². The van der Waals surface area contributed by atoms with Crippen LogP contribution in [0.5, 0.6) is 0 Å². The fourth-order valence-corrected chi connectivity index (χ4v) is 17.1. The maximum Gasteiger partial charge on any atom is 0.303 e. The molecular formula is C75H122N16O18S2. The number of rotatable bonds is 16. The molecule has 4 heterocycles. The molecule has 3 saturated heterocycles. The highest BCUT2D eigenvalue weighted by atomic mass is 32.2. The molecule has 7 rings (SSSR count). The largest absolute Gasteiger partial charge is 0.481 e. The van der Waals surface area contributed by atoms with Crippen molar-refractivity contribution < 1.29 is 87.9 Å². The van der Waals surface area contributed by atoms with Gasteiger partial charge in [-0.05, 0) is 177 Å². The molecule has 0 aromatic heterocycles. The van der Waals surface area contributed by atoms with Crippen molar-refractivity contribution in [2.75, 3.05) is 37.8 Å². The Hall–Kier alpha value is -7.29. The van der Waals surface area contributed by atoms with Crippen LogP contribution in [0.3, 0.4) is 0 Å². The van der Waals surface area contributed by atoms with Gasteiger partial charge in [-0.15, -0.1) is 0 Å². The fraction of sp³-hybridized carbons (Fsp3) is 0.747. The van der Waals surface area contributed by atoms with Gasteiger partial charge in [0.25, 0.3) is 0 Å². The molecule has 622 valence electrons. The van der Waals surface area contributed by atoms with Gasteiger partial charge in [0.15, 0.2) is 0 Å². The van der Waals surface area contributed by atoms with Crippen molar-refractivity contribution in [1.82, 2.24) is 79.8 Å². The van der Waals surface area contributed by atoms with Crippen LogP contribution >= 0.6 is 23.5 Å². The number of benzene rings is 1. The minimum atomic E-state index is -1.78. The summed E-state index contributed by atoms with van der Waals surface area (Å²) in [5.74, 6) is -11.3. The number of amides is 12. The van der Waals surface area contributed by atoms with Gasteiger partial charge in [-0.1, -0.05) is 58.4 Å². The average molecular weight is 1600 g/mol. The lowest BCUT2D eigenvalue weighted by Gasteiger charge is -2.34. The van der Waals surface area contributed by atoms with E-state index in [1.54, 1.807) is 27.7 Å². The number of thioether (sulfide) groups is 2. The molecule has 17 atom stereocenters. The maximum atomic E-state index is 15.0. The lowest BCUT2D eigenvalue weighted by Crippen LogP contribution is -2.63. The van der Waals surface area contributed by atoms with Crippen molar-refractivity contribution in [2.45, 2.75) is 285 Å². The summed E-state index contributed by atoms with van der Waals surface area (Å²) in [6.45, 7) is 12.6. The van der Waals surface area contributed by atoms with Crippen LogP contribution in [0.2, 0.25) is 0 Å². The number of nitrogens with one attached hydrogen (secondary N) is 15. The topological polar surface area (TPSA) is 530 Å². The summed E-state index contributed by atoms with van der Waals surface area (Å²) in [6, 6.07) is -8.97. The minimum Gasteiger partial charge on any atom is -0.481 e. The van der Waals surface area contributed by atoms with Crippen molar-refractivity contribution >= 4 is 100 Å². The molecule has 0 spiro atoms. The van der Waals surface area contributed by atoms with Crippen LogP contribution in [-0.2, 0) is 73.8 Å². The number of fused-ring (bicyclic) bond motifs is 3. The second-order valence-corrected chi connectivity index (χ2v) is 34.1. The van der Waals surface area contributed by atoms with Crippen LogP contribution in [0.4, 0.5) is 0 Å². The number of aliphatic hydroxyl groups excluding tert-OH is 4. The van der Waals surface area contributed by atoms with E-state index < -0.39 is 192 Å². The van der Waals surface area contributed by atoms with Gasteiger partial charge in [-0.3, -0.25) is 62.3 Å². The van der Waals surface area contributed by atoms with E-state index in [2.05, 4.69) is 79.8 Å². The fourth-order valence-electron chi connectivity index (χ4n) is 15.2. The van der Waals surface area contributed by atoms with Gasteiger partial charge >= 0.3 is 5.97 Å². The maximum absolute atomic E-state index is 15.0. The van der Waals surface area contributed by atoms with Gasteiger partial charge < -0.3 is 111 Å². The third kappa shape index (κ3) is 29.3. The Morgan fingerprint density at radius 2 is 1.05 bits per heavy atom. The second-order valence-electron chi connectivity index (χ2n) is 32.0. The zero-order valence-corrected chi connectivity index (χ0v) is 66.6. The van der Waals surface area contributed by atoms with Crippen LogP contribution in [0.15, 0.2) is 24.3 Å². The first-order valence-electron chi connectivity index (χ1n) is 39.4. The number of hydrogen-bond donors (Lipinski definition) is 21. The molecular weight excluding hydrogens is 1480 g/mol. The highest BCUT2D eigenvalue weighted by Gasteiger charge is 2.44. The molecule has 0 radical (unpaired) electrons. The lowest BCUT2D eigenvalue weighted by atomic mass is 9.82. The van der Waals surface area contributed by atoms with E-state index in [9.17, 15) is 83.1 Å². The Bertz CT molecular complexity index is 3330. The second kappa shape index (κ2) is 44.4. The number of primary amides is 1. The number of aliphatic hydroxyl groups is 4. The molecule has 2 saturated carbocycles. The Balaban J connectivity index is 1.21. The Labute approximate surface area is 657 Å². The van der Waals surface area contributed by atoms with E-state index in [0.717, 1.165) is 30.5 Å². The van der Waals surface area contributed by atoms with Crippen LogP contribution in [0, 0.1) is 29.1 Å². The van der Waals surface area contributed by atoms with Crippen LogP contribution in [-0.4, -0.2) is 243 Å². The molecule has 111 heavy (non-hydrogen) atoms. The third-order valence-electron chi connectivity index (χ3n) is 21.7. The Morgan fingerprint density at radius 1 is 0.559 bits per heavy atom. The molecule has 4 aliphatic heterocycles. The first-order valence-corrected chi connectivity index (χ1v) is 41.7. The van der Waals surface area contributed by atoms with Gasteiger partial charge in [0.05, 0.1) is 30.6 Å². The quantitative estimate of drug-likeness (QED) is 0.0820. The van der Waals surface area contributed by atoms with Crippen molar-refractivity contribution in [3.05, 3.63) is 35.4 Å². The van der Waals surface area contributed by atoms with Gasteiger partial charge in [-0.2, -0.15) is 23.5 Å². The Morgan fingerprint density at radius 3 is 1.60 bits per heavy atom. The van der Waals surface area contributed by atoms with E-state index in [1.807, 2.05) is 24.3 Å². The van der Waals surface area contributed by atoms with E-state index in [0.29, 0.717) is 94.8 Å². The standard InChI is InChI=1S/C75H122N16O18S2/c1-8-11-51-67(102)90-61(41(4)93)73(108)88-57(63(76)99)37-111-36-45-13-9-12-44(28-45)35-110-27-25-58(96)89-62(75(5,6)7)74(109)87-54(30-43-17-21-49(95)22-18-43)70(105)85-56(32-47-34-77-38-80-47)71(106)91-60(40(3)92)72(107)86-55(31-46-33-79-64-50(46)14-10-26-78-64)68(103)81-39(2)65(100)82-52(23-24-59(97)98)66(101)84-53(69(104)83-51)29-42-15-19-48(94)20-16-42/h9,12-13,28,39-43,46-57,60-62,64,77-80,92-95H,8,10-11,14-27,29-38H2,1-7H3,(H2,76,99)(H,81,103)(H,82,100)(H,83,104)(H,84,101)(H,85,105)(H,86,107)(H,87,109)(H,88,108)(H,89,96)(H,90,102)(H,91,106)(H,97,98)/t39-,40-,41-,42?,43?,46?,47?,48?,49?,50?,51+,52+,53+,54+,55+,56+,57+,60+,61+,62-,64?/m1/s1. The monoisotopic (exact) mass is 1600 g/mol. The van der Waals surface area contributed by atoms with E-state index >= 15 is 4.79 Å². The molecule has 2 bridgehead atoms. The van der Waals surface area contributed by atoms with Crippen LogP contribution in [0.1, 0.15) is 182 Å². The van der Waals surface area contributed by atoms with Crippen LogP contribution < -0.4 is 85.5 Å². The number of piperidine rings is 1. The van der Waals surface area contributed by atoms with Crippen molar-refractivity contribution in [3.63, 3.8) is 0 Å². The van der Waals surface area contributed by atoms with E-state index in [-0.39, 0.29) is 74.1 Å². The summed E-state index contributed by atoms with van der Waals surface area (Å²) in [4.78, 5) is 185. The predicted octanol–water partition coefficient (Wildman–Crippen LogP) is -2.41. The van der Waals surface area contributed by atoms with Crippen molar-refractivity contribution in [3.8, 4) is 0 Å². The minimum absolute atomic E-state index is 0.00712. The molecule has 34 nitrogen and oxygen atoms in total. The van der Waals surface area contributed by atoms with E-state index in [4.69, 9.17) is 5.73 Å². The molecule has 12 amide bonds. The van der Waals surface area contributed by atoms with E-state index in [1.165, 1.54) is 44.3 Å². The zero-order valence-electron chi connectivity index (χ0n) is 65.0. The highest BCUT2D eigenvalue weighted by molar-refractivity contribution is 7.98. The van der Waals surface area contributed by atoms with Gasteiger partial charge in [-0.25, -0.2) is 0 Å². The van der Waals surface area contributed by atoms with Crippen molar-refractivity contribution in [1.29, 1.82) is 0 Å². The third-order valence-corrected chi connectivity index (χ3v) is 23.9. The number of carboxylic acids is 1. The number of hydrogen-bond acceptors (Lipinski definition) is 23. The lowest BCUT2D eigenvalue weighted by molar-refractivity contribution is -0.139. The average Bonchev–Trinajstić information content (AvgIpc) is 1.57. The molecule has 2 aliphatic carbocycles. The van der Waals surface area contributed by atoms with Gasteiger partial charge in [0.1, 0.15) is 66.5 Å². The number of carbonyl (C=O) groups is 13. The number of nitrogens with two attached hydrogens (primary N) is 1. The van der Waals surface area contributed by atoms with Crippen LogP contribution in [0.25, 0.3) is 0 Å². The predicted molar refractivity (Wildman–Crippen MR) is 414 cm³/mol.